The number of ether oxygens (including phenoxy) is 2. The smallest absolute Gasteiger partial charge is 0.410 e. The van der Waals surface area contributed by atoms with E-state index in [2.05, 4.69) is 61.2 Å². The molecule has 308 valence electrons. The third kappa shape index (κ3) is 10.3. The minimum absolute atomic E-state index is 0.265. The van der Waals surface area contributed by atoms with E-state index < -0.39 is 11.2 Å². The highest BCUT2D eigenvalue weighted by Crippen LogP contribution is 2.36. The summed E-state index contributed by atoms with van der Waals surface area (Å²) in [6.07, 6.45) is 2.61. The summed E-state index contributed by atoms with van der Waals surface area (Å²) >= 11 is 18.4. The van der Waals surface area contributed by atoms with Crippen LogP contribution in [-0.4, -0.2) is 116 Å². The Hall–Kier alpha value is -4.79. The summed E-state index contributed by atoms with van der Waals surface area (Å²) in [5, 5.41) is 20.3. The Balaban J connectivity index is 0.000000203. The molecule has 0 spiro atoms. The number of carbonyl (C=O) groups is 2. The van der Waals surface area contributed by atoms with Crippen LogP contribution in [0.3, 0.4) is 0 Å². The number of amides is 2. The molecule has 0 atom stereocenters. The van der Waals surface area contributed by atoms with Crippen molar-refractivity contribution in [2.24, 2.45) is 0 Å². The topological polar surface area (TPSA) is 143 Å². The van der Waals surface area contributed by atoms with Crippen molar-refractivity contribution in [1.82, 2.24) is 40.2 Å². The summed E-state index contributed by atoms with van der Waals surface area (Å²) < 4.78 is 10.9. The Kier molecular flexibility index (Phi) is 13.0. The van der Waals surface area contributed by atoms with Gasteiger partial charge in [0.05, 0.1) is 10.0 Å². The van der Waals surface area contributed by atoms with E-state index in [9.17, 15) is 9.59 Å². The maximum atomic E-state index is 12.4. The minimum Gasteiger partial charge on any atom is -0.444 e. The highest BCUT2D eigenvalue weighted by Gasteiger charge is 2.30. The summed E-state index contributed by atoms with van der Waals surface area (Å²) in [6, 6.07) is 11.9. The van der Waals surface area contributed by atoms with Gasteiger partial charge in [0.2, 0.25) is 0 Å². The average Bonchev–Trinajstić information content (AvgIpc) is 3.17. The van der Waals surface area contributed by atoms with Crippen LogP contribution < -0.4 is 9.80 Å². The van der Waals surface area contributed by atoms with Gasteiger partial charge in [-0.25, -0.2) is 9.59 Å². The highest BCUT2D eigenvalue weighted by atomic mass is 35.5. The van der Waals surface area contributed by atoms with Gasteiger partial charge in [-0.2, -0.15) is 0 Å². The lowest BCUT2D eigenvalue weighted by Crippen LogP contribution is -2.50. The molecule has 7 rings (SSSR count). The third-order valence-corrected chi connectivity index (χ3v) is 10.1. The van der Waals surface area contributed by atoms with E-state index >= 15 is 0 Å². The van der Waals surface area contributed by atoms with Gasteiger partial charge in [0.1, 0.15) is 27.9 Å². The largest absolute Gasteiger partial charge is 0.444 e. The van der Waals surface area contributed by atoms with E-state index in [4.69, 9.17) is 44.3 Å². The number of hydrogen-bond donors (Lipinski definition) is 0. The molecule has 58 heavy (non-hydrogen) atoms. The maximum absolute atomic E-state index is 12.4. The molecule has 14 nitrogen and oxygen atoms in total. The van der Waals surface area contributed by atoms with Crippen molar-refractivity contribution in [1.29, 1.82) is 0 Å². The number of pyridine rings is 2. The maximum Gasteiger partial charge on any atom is 0.410 e. The van der Waals surface area contributed by atoms with Crippen LogP contribution in [0, 0.1) is 0 Å². The Labute approximate surface area is 353 Å². The van der Waals surface area contributed by atoms with Gasteiger partial charge in [-0.05, 0) is 65.2 Å². The van der Waals surface area contributed by atoms with Gasteiger partial charge in [-0.15, -0.1) is 20.4 Å². The number of anilines is 2. The van der Waals surface area contributed by atoms with Crippen molar-refractivity contribution in [2.75, 3.05) is 62.2 Å². The molecule has 2 aliphatic heterocycles. The van der Waals surface area contributed by atoms with Gasteiger partial charge in [-0.3, -0.25) is 9.97 Å². The fourth-order valence-corrected chi connectivity index (χ4v) is 7.16. The van der Waals surface area contributed by atoms with Gasteiger partial charge in [0, 0.05) is 81.1 Å². The lowest BCUT2D eigenvalue weighted by atomic mass is 9.94. The molecule has 2 fully saturated rings. The van der Waals surface area contributed by atoms with Gasteiger partial charge in [-0.1, -0.05) is 72.9 Å². The lowest BCUT2D eigenvalue weighted by Gasteiger charge is -2.36. The molecule has 17 heteroatoms. The summed E-state index contributed by atoms with van der Waals surface area (Å²) in [5.74, 6) is 1.68. The molecule has 0 aliphatic carbocycles. The zero-order valence-corrected chi connectivity index (χ0v) is 36.4. The van der Waals surface area contributed by atoms with E-state index in [0.29, 0.717) is 90.9 Å². The van der Waals surface area contributed by atoms with E-state index in [1.807, 2.05) is 64.6 Å². The monoisotopic (exact) mass is 850 g/mol. The molecule has 2 amide bonds. The number of piperazine rings is 2. The molecule has 4 aromatic heterocycles. The van der Waals surface area contributed by atoms with Crippen LogP contribution in [0.5, 0.6) is 0 Å². The quantitative estimate of drug-likeness (QED) is 0.170. The fraction of sp³-hybridized carbons (Fsp3) is 0.463. The van der Waals surface area contributed by atoms with Gasteiger partial charge in [0.15, 0.2) is 16.8 Å². The van der Waals surface area contributed by atoms with Crippen LogP contribution in [0.1, 0.15) is 66.9 Å². The van der Waals surface area contributed by atoms with Crippen LogP contribution in [0.2, 0.25) is 15.2 Å². The Morgan fingerprint density at radius 2 is 1.09 bits per heavy atom. The van der Waals surface area contributed by atoms with Crippen molar-refractivity contribution < 1.29 is 19.1 Å². The second-order valence-electron chi connectivity index (χ2n) is 16.4. The molecule has 0 saturated carbocycles. The Bertz CT molecular complexity index is 2280. The SMILES string of the molecule is CC(C)(C)OC(=O)N1CCN(c2nnc(Cl)c3cc(Cl)cnc23)CC1.CC(C)c1ccccc1-c1nnc(N2CCN(C(=O)OC(C)(C)C)CC2)c2ncc(Cl)cc12. The molecule has 0 radical (unpaired) electrons. The fourth-order valence-electron chi connectivity index (χ4n) is 6.66. The average molecular weight is 852 g/mol. The number of benzene rings is 1. The normalized spacial score (nSPS) is 15.1. The first kappa shape index (κ1) is 42.8. The molecule has 1 aromatic carbocycles. The van der Waals surface area contributed by atoms with Crippen molar-refractivity contribution in [3.63, 3.8) is 0 Å². The highest BCUT2D eigenvalue weighted by molar-refractivity contribution is 6.36. The van der Waals surface area contributed by atoms with Crippen molar-refractivity contribution in [2.45, 2.75) is 72.5 Å². The molecule has 0 bridgehead atoms. The number of carbonyl (C=O) groups excluding carboxylic acids is 2. The van der Waals surface area contributed by atoms with Crippen molar-refractivity contribution in [3.05, 3.63) is 69.6 Å². The second kappa shape index (κ2) is 17.6. The molecule has 0 unspecified atom stereocenters. The first-order chi connectivity index (χ1) is 27.4. The number of hydrogen-bond acceptors (Lipinski definition) is 12. The summed E-state index contributed by atoms with van der Waals surface area (Å²) in [7, 11) is 0. The first-order valence-corrected chi connectivity index (χ1v) is 20.4. The minimum atomic E-state index is -0.513. The van der Waals surface area contributed by atoms with E-state index in [1.165, 1.54) is 5.56 Å². The predicted molar refractivity (Wildman–Crippen MR) is 229 cm³/mol. The van der Waals surface area contributed by atoms with Crippen LogP contribution in [0.4, 0.5) is 21.2 Å². The van der Waals surface area contributed by atoms with E-state index in [1.54, 1.807) is 28.3 Å². The number of aromatic nitrogens is 6. The molecule has 2 aliphatic rings. The predicted octanol–water partition coefficient (Wildman–Crippen LogP) is 8.91. The lowest BCUT2D eigenvalue weighted by molar-refractivity contribution is 0.0230. The van der Waals surface area contributed by atoms with E-state index in [0.717, 1.165) is 22.2 Å². The molecular formula is C41H49Cl3N10O4. The van der Waals surface area contributed by atoms with E-state index in [-0.39, 0.29) is 17.3 Å². The standard InChI is InChI=1S/C25H30ClN5O2.C16H19Cl2N5O2/c1-16(2)18-8-6-7-9-19(18)21-20-14-17(26)15-27-22(20)23(29-28-21)30-10-12-31(13-11-30)24(32)33-25(3,4)5;1-16(2,3)25-15(24)23-6-4-22(5-7-23)14-12-11(13(18)20-21-14)8-10(17)9-19-12/h6-9,14-16H,10-13H2,1-5H3;8-9H,4-7H2,1-3H3. The van der Waals surface area contributed by atoms with Crippen LogP contribution in [0.15, 0.2) is 48.8 Å². The number of nitrogens with zero attached hydrogens (tertiary/aromatic N) is 10. The second-order valence-corrected chi connectivity index (χ2v) is 17.7. The summed E-state index contributed by atoms with van der Waals surface area (Å²) in [6.45, 7) is 20.1. The number of rotatable bonds is 4. The molecular weight excluding hydrogens is 803 g/mol. The summed E-state index contributed by atoms with van der Waals surface area (Å²) in [4.78, 5) is 41.2. The van der Waals surface area contributed by atoms with Crippen LogP contribution in [-0.2, 0) is 9.47 Å². The van der Waals surface area contributed by atoms with Gasteiger partial charge < -0.3 is 29.1 Å². The third-order valence-electron chi connectivity index (χ3n) is 9.39. The zero-order chi connectivity index (χ0) is 41.9. The first-order valence-electron chi connectivity index (χ1n) is 19.2. The Morgan fingerprint density at radius 3 is 1.57 bits per heavy atom. The van der Waals surface area contributed by atoms with Crippen molar-refractivity contribution >= 4 is 80.4 Å². The molecule has 0 N–H and O–H groups in total. The number of fused-ring (bicyclic) bond motifs is 2. The molecule has 6 heterocycles. The molecule has 2 saturated heterocycles. The van der Waals surface area contributed by atoms with Gasteiger partial charge in [0.25, 0.3) is 0 Å². The van der Waals surface area contributed by atoms with Crippen LogP contribution in [0.25, 0.3) is 33.1 Å². The Morgan fingerprint density at radius 1 is 0.638 bits per heavy atom. The van der Waals surface area contributed by atoms with Gasteiger partial charge >= 0.3 is 12.2 Å². The zero-order valence-electron chi connectivity index (χ0n) is 34.1. The van der Waals surface area contributed by atoms with Crippen molar-refractivity contribution in [3.8, 4) is 11.3 Å². The number of halogens is 3. The summed E-state index contributed by atoms with van der Waals surface area (Å²) in [5.41, 5.74) is 3.41. The van der Waals surface area contributed by atoms with Crippen LogP contribution >= 0.6 is 34.8 Å². The molecule has 5 aromatic rings.